The summed E-state index contributed by atoms with van der Waals surface area (Å²) in [5, 5.41) is 0. The van der Waals surface area contributed by atoms with Gasteiger partial charge >= 0.3 is 0 Å². The van der Waals surface area contributed by atoms with Gasteiger partial charge in [-0.05, 0) is 19.3 Å². The van der Waals surface area contributed by atoms with Crippen LogP contribution >= 0.6 is 0 Å². The summed E-state index contributed by atoms with van der Waals surface area (Å²) < 4.78 is 17.5. The van der Waals surface area contributed by atoms with Crippen molar-refractivity contribution >= 4 is 5.78 Å². The summed E-state index contributed by atoms with van der Waals surface area (Å²) >= 11 is 0. The topological polar surface area (TPSA) is 44.8 Å². The molecule has 0 radical (unpaired) electrons. The molecule has 2 heterocycles. The molecule has 1 spiro atoms. The van der Waals surface area contributed by atoms with Gasteiger partial charge in [0, 0.05) is 38.9 Å². The van der Waals surface area contributed by atoms with Crippen LogP contribution in [-0.2, 0) is 19.0 Å². The van der Waals surface area contributed by atoms with Crippen LogP contribution in [0.2, 0.25) is 0 Å². The predicted octanol–water partition coefficient (Wildman–Crippen LogP) is 1.85. The Morgan fingerprint density at radius 1 is 1.11 bits per heavy atom. The summed E-state index contributed by atoms with van der Waals surface area (Å²) in [6.45, 7) is 2.31. The zero-order valence-electron chi connectivity index (χ0n) is 10.9. The third kappa shape index (κ3) is 2.76. The Morgan fingerprint density at radius 3 is 2.67 bits per heavy atom. The van der Waals surface area contributed by atoms with Gasteiger partial charge in [-0.1, -0.05) is 0 Å². The van der Waals surface area contributed by atoms with E-state index < -0.39 is 0 Å². The van der Waals surface area contributed by atoms with Crippen molar-refractivity contribution in [1.29, 1.82) is 0 Å². The van der Waals surface area contributed by atoms with Gasteiger partial charge in [0.1, 0.15) is 5.78 Å². The van der Waals surface area contributed by atoms with Gasteiger partial charge in [-0.25, -0.2) is 0 Å². The molecule has 0 aromatic heterocycles. The first-order valence-corrected chi connectivity index (χ1v) is 7.15. The highest BCUT2D eigenvalue weighted by Gasteiger charge is 2.42. The number of hydrogen-bond donors (Lipinski definition) is 0. The lowest BCUT2D eigenvalue weighted by atomic mass is 9.90. The maximum atomic E-state index is 11.2. The van der Waals surface area contributed by atoms with Crippen molar-refractivity contribution in [3.63, 3.8) is 0 Å². The van der Waals surface area contributed by atoms with Gasteiger partial charge in [0.2, 0.25) is 0 Å². The maximum Gasteiger partial charge on any atom is 0.133 e. The van der Waals surface area contributed by atoms with Crippen molar-refractivity contribution in [2.45, 2.75) is 62.8 Å². The minimum Gasteiger partial charge on any atom is -0.378 e. The van der Waals surface area contributed by atoms with Crippen LogP contribution in [0.4, 0.5) is 0 Å². The second kappa shape index (κ2) is 5.27. The zero-order chi connectivity index (χ0) is 12.4. The second-order valence-corrected chi connectivity index (χ2v) is 5.82. The monoisotopic (exact) mass is 254 g/mol. The molecule has 18 heavy (non-hydrogen) atoms. The molecule has 3 rings (SSSR count). The van der Waals surface area contributed by atoms with Crippen molar-refractivity contribution in [2.24, 2.45) is 0 Å². The van der Waals surface area contributed by atoms with Gasteiger partial charge in [-0.2, -0.15) is 0 Å². The number of carbonyl (C=O) groups excluding carboxylic acids is 1. The smallest absolute Gasteiger partial charge is 0.133 e. The lowest BCUT2D eigenvalue weighted by molar-refractivity contribution is -0.153. The zero-order valence-corrected chi connectivity index (χ0v) is 10.9. The average molecular weight is 254 g/mol. The third-order valence-corrected chi connectivity index (χ3v) is 4.39. The number of ether oxygens (including phenoxy) is 3. The summed E-state index contributed by atoms with van der Waals surface area (Å²) in [5.74, 6) is 0.391. The fourth-order valence-electron chi connectivity index (χ4n) is 3.28. The molecule has 2 aliphatic heterocycles. The first-order valence-electron chi connectivity index (χ1n) is 7.15. The fraction of sp³-hybridized carbons (Fsp3) is 0.929. The molecule has 4 nitrogen and oxygen atoms in total. The van der Waals surface area contributed by atoms with Crippen molar-refractivity contribution in [3.8, 4) is 0 Å². The summed E-state index contributed by atoms with van der Waals surface area (Å²) in [5.41, 5.74) is -0.0760. The van der Waals surface area contributed by atoms with Gasteiger partial charge in [0.25, 0.3) is 0 Å². The molecular weight excluding hydrogens is 232 g/mol. The van der Waals surface area contributed by atoms with Crippen LogP contribution in [-0.4, -0.2) is 43.4 Å². The Labute approximate surface area is 108 Å². The Morgan fingerprint density at radius 2 is 1.94 bits per heavy atom. The number of rotatable bonds is 2. The minimum absolute atomic E-state index is 0.0760. The summed E-state index contributed by atoms with van der Waals surface area (Å²) in [6.07, 6.45) is 6.70. The van der Waals surface area contributed by atoms with Crippen molar-refractivity contribution in [1.82, 2.24) is 0 Å². The molecular formula is C14H22O4. The van der Waals surface area contributed by atoms with E-state index in [1.807, 2.05) is 0 Å². The normalized spacial score (nSPS) is 38.4. The van der Waals surface area contributed by atoms with Crippen LogP contribution in [0.25, 0.3) is 0 Å². The molecule has 102 valence electrons. The second-order valence-electron chi connectivity index (χ2n) is 5.82. The van der Waals surface area contributed by atoms with Crippen LogP contribution in [0.1, 0.15) is 44.9 Å². The number of ketones is 1. The van der Waals surface area contributed by atoms with E-state index >= 15 is 0 Å². The van der Waals surface area contributed by atoms with E-state index in [9.17, 15) is 4.79 Å². The van der Waals surface area contributed by atoms with E-state index in [2.05, 4.69) is 0 Å². The Balaban J connectivity index is 1.51. The maximum absolute atomic E-state index is 11.2. The van der Waals surface area contributed by atoms with E-state index in [-0.39, 0.29) is 11.7 Å². The first-order chi connectivity index (χ1) is 8.76. The standard InChI is InChI=1S/C14H22O4/c15-11-1-3-12(4-2-11)18-13-5-7-17-14(9-13)6-8-16-10-14/h12-13H,1-10H2. The lowest BCUT2D eigenvalue weighted by Crippen LogP contribution is -2.44. The number of hydrogen-bond acceptors (Lipinski definition) is 4. The summed E-state index contributed by atoms with van der Waals surface area (Å²) in [6, 6.07) is 0. The number of carbonyl (C=O) groups is 1. The Kier molecular flexibility index (Phi) is 3.68. The molecule has 0 amide bonds. The van der Waals surface area contributed by atoms with Crippen molar-refractivity contribution in [3.05, 3.63) is 0 Å². The van der Waals surface area contributed by atoms with Crippen LogP contribution in [0.3, 0.4) is 0 Å². The van der Waals surface area contributed by atoms with Crippen LogP contribution in [0, 0.1) is 0 Å². The highest BCUT2D eigenvalue weighted by molar-refractivity contribution is 5.79. The fourth-order valence-corrected chi connectivity index (χ4v) is 3.28. The highest BCUT2D eigenvalue weighted by atomic mass is 16.6. The van der Waals surface area contributed by atoms with Crippen LogP contribution in [0.15, 0.2) is 0 Å². The van der Waals surface area contributed by atoms with E-state index in [4.69, 9.17) is 14.2 Å². The molecule has 0 bridgehead atoms. The van der Waals surface area contributed by atoms with Crippen LogP contribution in [0.5, 0.6) is 0 Å². The molecule has 1 saturated carbocycles. The minimum atomic E-state index is -0.0760. The summed E-state index contributed by atoms with van der Waals surface area (Å²) in [4.78, 5) is 11.2. The molecule has 1 aliphatic carbocycles. The largest absolute Gasteiger partial charge is 0.378 e. The summed E-state index contributed by atoms with van der Waals surface area (Å²) in [7, 11) is 0. The molecule has 4 heteroatoms. The number of Topliss-reactive ketones (excluding diaryl/α,β-unsaturated/α-hetero) is 1. The van der Waals surface area contributed by atoms with Crippen molar-refractivity contribution in [2.75, 3.05) is 19.8 Å². The van der Waals surface area contributed by atoms with E-state index in [1.165, 1.54) is 0 Å². The van der Waals surface area contributed by atoms with Gasteiger partial charge in [0.05, 0.1) is 24.4 Å². The van der Waals surface area contributed by atoms with Gasteiger partial charge in [-0.3, -0.25) is 4.79 Å². The van der Waals surface area contributed by atoms with E-state index in [1.54, 1.807) is 0 Å². The van der Waals surface area contributed by atoms with E-state index in [0.717, 1.165) is 51.9 Å². The van der Waals surface area contributed by atoms with Gasteiger partial charge in [0.15, 0.2) is 0 Å². The molecule has 2 unspecified atom stereocenters. The van der Waals surface area contributed by atoms with E-state index in [0.29, 0.717) is 24.7 Å². The molecule has 2 atom stereocenters. The highest BCUT2D eigenvalue weighted by Crippen LogP contribution is 2.35. The first kappa shape index (κ1) is 12.6. The van der Waals surface area contributed by atoms with Gasteiger partial charge in [-0.15, -0.1) is 0 Å². The molecule has 0 aromatic rings. The molecule has 0 aromatic carbocycles. The average Bonchev–Trinajstić information content (AvgIpc) is 2.80. The molecule has 0 N–H and O–H groups in total. The lowest BCUT2D eigenvalue weighted by Gasteiger charge is -2.38. The third-order valence-electron chi connectivity index (χ3n) is 4.39. The van der Waals surface area contributed by atoms with Crippen LogP contribution < -0.4 is 0 Å². The van der Waals surface area contributed by atoms with Crippen molar-refractivity contribution < 1.29 is 19.0 Å². The SMILES string of the molecule is O=C1CCC(OC2CCOC3(CCOC3)C2)CC1. The van der Waals surface area contributed by atoms with Gasteiger partial charge < -0.3 is 14.2 Å². The molecule has 2 saturated heterocycles. The molecule has 3 aliphatic rings. The quantitative estimate of drug-likeness (QED) is 0.754. The molecule has 3 fully saturated rings. The Bertz CT molecular complexity index is 299. The Hall–Kier alpha value is -0.450. The predicted molar refractivity (Wildman–Crippen MR) is 65.5 cm³/mol.